The van der Waals surface area contributed by atoms with Crippen LogP contribution in [0.25, 0.3) is 0 Å². The molecule has 2 rings (SSSR count). The summed E-state index contributed by atoms with van der Waals surface area (Å²) < 4.78 is 15.5. The number of ether oxygens (including phenoxy) is 3. The SMILES string of the molecule is CO[C@@]1(CO)O[C@H](CO)[C@H]2O[C@H]21. The number of epoxide rings is 1. The second-order valence-electron chi connectivity index (χ2n) is 3.03. The van der Waals surface area contributed by atoms with Gasteiger partial charge < -0.3 is 24.4 Å². The molecule has 2 saturated heterocycles. The van der Waals surface area contributed by atoms with Crippen molar-refractivity contribution in [3.63, 3.8) is 0 Å². The molecule has 0 amide bonds. The Hall–Kier alpha value is -0.200. The Balaban J connectivity index is 2.10. The van der Waals surface area contributed by atoms with Crippen molar-refractivity contribution in [2.45, 2.75) is 24.1 Å². The molecule has 5 nitrogen and oxygen atoms in total. The van der Waals surface area contributed by atoms with Crippen LogP contribution in [0.15, 0.2) is 0 Å². The molecule has 2 heterocycles. The van der Waals surface area contributed by atoms with Gasteiger partial charge in [0.1, 0.15) is 24.9 Å². The van der Waals surface area contributed by atoms with E-state index in [-0.39, 0.29) is 31.5 Å². The molecule has 2 aliphatic heterocycles. The topological polar surface area (TPSA) is 71.5 Å². The molecular formula is C7H12O5. The van der Waals surface area contributed by atoms with E-state index in [4.69, 9.17) is 24.4 Å². The summed E-state index contributed by atoms with van der Waals surface area (Å²) in [5.41, 5.74) is 0. The van der Waals surface area contributed by atoms with E-state index in [0.29, 0.717) is 0 Å². The van der Waals surface area contributed by atoms with Crippen molar-refractivity contribution >= 4 is 0 Å². The summed E-state index contributed by atoms with van der Waals surface area (Å²) in [5, 5.41) is 17.9. The molecule has 0 aromatic heterocycles. The van der Waals surface area contributed by atoms with Crippen LogP contribution in [0.3, 0.4) is 0 Å². The Kier molecular flexibility index (Phi) is 1.85. The first-order chi connectivity index (χ1) is 5.77. The first kappa shape index (κ1) is 8.40. The van der Waals surface area contributed by atoms with Crippen LogP contribution in [0.4, 0.5) is 0 Å². The van der Waals surface area contributed by atoms with Crippen LogP contribution in [0.1, 0.15) is 0 Å². The number of aliphatic hydroxyl groups excluding tert-OH is 2. The number of methoxy groups -OCH3 is 1. The fraction of sp³-hybridized carbons (Fsp3) is 1.00. The minimum absolute atomic E-state index is 0.105. The molecule has 0 aliphatic carbocycles. The lowest BCUT2D eigenvalue weighted by Gasteiger charge is -2.27. The van der Waals surface area contributed by atoms with Crippen molar-refractivity contribution in [2.75, 3.05) is 20.3 Å². The molecule has 5 heteroatoms. The number of rotatable bonds is 3. The average molecular weight is 176 g/mol. The normalized spacial score (nSPS) is 50.8. The third-order valence-corrected chi connectivity index (χ3v) is 2.42. The highest BCUT2D eigenvalue weighted by Crippen LogP contribution is 2.46. The fourth-order valence-corrected chi connectivity index (χ4v) is 1.65. The lowest BCUT2D eigenvalue weighted by molar-refractivity contribution is -0.266. The van der Waals surface area contributed by atoms with Gasteiger partial charge in [0.05, 0.1) is 6.61 Å². The minimum atomic E-state index is -1.04. The van der Waals surface area contributed by atoms with Crippen molar-refractivity contribution in [1.29, 1.82) is 0 Å². The number of fused-ring (bicyclic) bond motifs is 1. The van der Waals surface area contributed by atoms with Crippen LogP contribution >= 0.6 is 0 Å². The van der Waals surface area contributed by atoms with Crippen LogP contribution in [0.5, 0.6) is 0 Å². The molecule has 0 radical (unpaired) electrons. The summed E-state index contributed by atoms with van der Waals surface area (Å²) in [6.07, 6.45) is -0.686. The van der Waals surface area contributed by atoms with E-state index in [9.17, 15) is 0 Å². The Morgan fingerprint density at radius 2 is 2.25 bits per heavy atom. The minimum Gasteiger partial charge on any atom is -0.394 e. The second-order valence-corrected chi connectivity index (χ2v) is 3.03. The van der Waals surface area contributed by atoms with Crippen molar-refractivity contribution in [2.24, 2.45) is 0 Å². The van der Waals surface area contributed by atoms with E-state index in [1.807, 2.05) is 0 Å². The van der Waals surface area contributed by atoms with Crippen LogP contribution in [-0.2, 0) is 14.2 Å². The third-order valence-electron chi connectivity index (χ3n) is 2.42. The van der Waals surface area contributed by atoms with Crippen molar-refractivity contribution in [3.05, 3.63) is 0 Å². The average Bonchev–Trinajstić information content (AvgIpc) is 2.85. The predicted octanol–water partition coefficient (Wildman–Crippen LogP) is -1.52. The molecular weight excluding hydrogens is 164 g/mol. The van der Waals surface area contributed by atoms with E-state index in [1.165, 1.54) is 7.11 Å². The van der Waals surface area contributed by atoms with Crippen LogP contribution < -0.4 is 0 Å². The quantitative estimate of drug-likeness (QED) is 0.511. The molecule has 2 fully saturated rings. The van der Waals surface area contributed by atoms with E-state index in [1.54, 1.807) is 0 Å². The highest BCUT2D eigenvalue weighted by atomic mass is 16.8. The zero-order valence-corrected chi connectivity index (χ0v) is 6.77. The zero-order chi connectivity index (χ0) is 8.77. The Labute approximate surface area is 69.8 Å². The van der Waals surface area contributed by atoms with Gasteiger partial charge in [0.2, 0.25) is 5.79 Å². The maximum atomic E-state index is 9.02. The maximum Gasteiger partial charge on any atom is 0.221 e. The van der Waals surface area contributed by atoms with Gasteiger partial charge in [-0.3, -0.25) is 0 Å². The van der Waals surface area contributed by atoms with Crippen molar-refractivity contribution in [1.82, 2.24) is 0 Å². The number of hydrogen-bond acceptors (Lipinski definition) is 5. The van der Waals surface area contributed by atoms with Crippen molar-refractivity contribution in [3.8, 4) is 0 Å². The molecule has 2 aliphatic rings. The Morgan fingerprint density at radius 3 is 2.58 bits per heavy atom. The molecule has 0 bridgehead atoms. The molecule has 0 spiro atoms. The lowest BCUT2D eigenvalue weighted by Crippen LogP contribution is -2.43. The van der Waals surface area contributed by atoms with Gasteiger partial charge in [-0.2, -0.15) is 0 Å². The van der Waals surface area contributed by atoms with Gasteiger partial charge in [-0.1, -0.05) is 0 Å². The van der Waals surface area contributed by atoms with Gasteiger partial charge in [-0.25, -0.2) is 0 Å². The van der Waals surface area contributed by atoms with Gasteiger partial charge in [0.25, 0.3) is 0 Å². The number of hydrogen-bond donors (Lipinski definition) is 2. The molecule has 70 valence electrons. The summed E-state index contributed by atoms with van der Waals surface area (Å²) >= 11 is 0. The van der Waals surface area contributed by atoms with E-state index in [2.05, 4.69) is 0 Å². The molecule has 2 N–H and O–H groups in total. The Morgan fingerprint density at radius 1 is 1.50 bits per heavy atom. The maximum absolute atomic E-state index is 9.02. The van der Waals surface area contributed by atoms with E-state index in [0.717, 1.165) is 0 Å². The molecule has 0 aromatic rings. The monoisotopic (exact) mass is 176 g/mol. The largest absolute Gasteiger partial charge is 0.394 e. The second kappa shape index (κ2) is 2.65. The summed E-state index contributed by atoms with van der Waals surface area (Å²) in [4.78, 5) is 0. The lowest BCUT2D eigenvalue weighted by atomic mass is 10.1. The standard InChI is InChI=1S/C7H12O5/c1-10-7(3-9)6-5(11-6)4(2-8)12-7/h4-6,8-9H,2-3H2,1H3/t4-,5-,6-,7+/m1/s1. The van der Waals surface area contributed by atoms with Crippen LogP contribution in [-0.4, -0.2) is 54.6 Å². The Bertz CT molecular complexity index is 179. The molecule has 0 aromatic carbocycles. The first-order valence-corrected chi connectivity index (χ1v) is 3.87. The molecule has 0 saturated carbocycles. The van der Waals surface area contributed by atoms with Crippen LogP contribution in [0, 0.1) is 0 Å². The van der Waals surface area contributed by atoms with E-state index < -0.39 is 5.79 Å². The predicted molar refractivity (Wildman–Crippen MR) is 37.4 cm³/mol. The summed E-state index contributed by atoms with van der Waals surface area (Å²) in [7, 11) is 1.45. The van der Waals surface area contributed by atoms with Gasteiger partial charge in [0, 0.05) is 7.11 Å². The van der Waals surface area contributed by atoms with Crippen molar-refractivity contribution < 1.29 is 24.4 Å². The highest BCUT2D eigenvalue weighted by molar-refractivity contribution is 5.07. The zero-order valence-electron chi connectivity index (χ0n) is 6.77. The fourth-order valence-electron chi connectivity index (χ4n) is 1.65. The van der Waals surface area contributed by atoms with Gasteiger partial charge in [-0.05, 0) is 0 Å². The molecule has 4 atom stereocenters. The van der Waals surface area contributed by atoms with Gasteiger partial charge in [-0.15, -0.1) is 0 Å². The van der Waals surface area contributed by atoms with Gasteiger partial charge >= 0.3 is 0 Å². The first-order valence-electron chi connectivity index (χ1n) is 3.87. The van der Waals surface area contributed by atoms with E-state index >= 15 is 0 Å². The number of aliphatic hydroxyl groups is 2. The summed E-state index contributed by atoms with van der Waals surface area (Å²) in [6.45, 7) is -0.354. The van der Waals surface area contributed by atoms with Crippen LogP contribution in [0.2, 0.25) is 0 Å². The smallest absolute Gasteiger partial charge is 0.221 e. The highest BCUT2D eigenvalue weighted by Gasteiger charge is 2.67. The summed E-state index contributed by atoms with van der Waals surface area (Å²) in [6, 6.07) is 0. The third kappa shape index (κ3) is 0.915. The summed E-state index contributed by atoms with van der Waals surface area (Å²) in [5.74, 6) is -1.04. The van der Waals surface area contributed by atoms with Gasteiger partial charge in [0.15, 0.2) is 0 Å². The molecule has 0 unspecified atom stereocenters. The molecule has 12 heavy (non-hydrogen) atoms.